The number of fused-ring (bicyclic) bond motifs is 1. The topological polar surface area (TPSA) is 65.1 Å². The van der Waals surface area contributed by atoms with Crippen LogP contribution in [-0.2, 0) is 7.05 Å². The molecule has 3 rings (SSSR count). The van der Waals surface area contributed by atoms with E-state index >= 15 is 0 Å². The fourth-order valence-electron chi connectivity index (χ4n) is 2.92. The van der Waals surface area contributed by atoms with Gasteiger partial charge in [-0.3, -0.25) is 11.3 Å². The van der Waals surface area contributed by atoms with E-state index in [1.807, 2.05) is 29.9 Å². The summed E-state index contributed by atoms with van der Waals surface area (Å²) in [6.07, 6.45) is 5.64. The van der Waals surface area contributed by atoms with Gasteiger partial charge in [0.05, 0.1) is 24.7 Å². The summed E-state index contributed by atoms with van der Waals surface area (Å²) >= 11 is 0. The van der Waals surface area contributed by atoms with Gasteiger partial charge in [-0.1, -0.05) is 18.2 Å². The average molecular weight is 272 g/mol. The van der Waals surface area contributed by atoms with Gasteiger partial charge in [0.25, 0.3) is 0 Å². The van der Waals surface area contributed by atoms with Crippen LogP contribution < -0.4 is 16.0 Å². The van der Waals surface area contributed by atoms with E-state index in [2.05, 4.69) is 22.5 Å². The normalized spacial score (nSPS) is 19.2. The summed E-state index contributed by atoms with van der Waals surface area (Å²) in [5.41, 5.74) is 5.31. The van der Waals surface area contributed by atoms with Crippen LogP contribution in [0.2, 0.25) is 0 Å². The molecule has 5 nitrogen and oxygen atoms in total. The Labute approximate surface area is 118 Å². The van der Waals surface area contributed by atoms with Crippen LogP contribution in [0.5, 0.6) is 5.75 Å². The smallest absolute Gasteiger partial charge is 0.122 e. The fraction of sp³-hybridized carbons (Fsp3) is 0.400. The molecule has 0 radical (unpaired) electrons. The molecule has 0 saturated carbocycles. The molecular weight excluding hydrogens is 252 g/mol. The Bertz CT molecular complexity index is 581. The summed E-state index contributed by atoms with van der Waals surface area (Å²) in [7, 11) is 1.99. The summed E-state index contributed by atoms with van der Waals surface area (Å²) in [6.45, 7) is 0.768. The van der Waals surface area contributed by atoms with E-state index in [9.17, 15) is 0 Å². The van der Waals surface area contributed by atoms with E-state index in [0.717, 1.165) is 30.9 Å². The molecule has 0 bridgehead atoms. The first-order chi connectivity index (χ1) is 9.79. The quantitative estimate of drug-likeness (QED) is 0.659. The second kappa shape index (κ2) is 5.64. The minimum Gasteiger partial charge on any atom is -0.493 e. The monoisotopic (exact) mass is 272 g/mol. The molecule has 106 valence electrons. The first-order valence-electron chi connectivity index (χ1n) is 6.93. The van der Waals surface area contributed by atoms with Crippen LogP contribution in [-0.4, -0.2) is 16.2 Å². The second-order valence-corrected chi connectivity index (χ2v) is 5.26. The van der Waals surface area contributed by atoms with E-state index in [0.29, 0.717) is 5.92 Å². The second-order valence-electron chi connectivity index (χ2n) is 5.26. The highest BCUT2D eigenvalue weighted by Crippen LogP contribution is 2.38. The minimum atomic E-state index is 0.0960. The van der Waals surface area contributed by atoms with Crippen LogP contribution in [0.15, 0.2) is 36.8 Å². The van der Waals surface area contributed by atoms with Crippen molar-refractivity contribution in [1.82, 2.24) is 15.0 Å². The lowest BCUT2D eigenvalue weighted by atomic mass is 9.87. The Morgan fingerprint density at radius 2 is 2.35 bits per heavy atom. The highest BCUT2D eigenvalue weighted by Gasteiger charge is 2.25. The molecule has 0 saturated heterocycles. The molecule has 1 aliphatic heterocycles. The van der Waals surface area contributed by atoms with Gasteiger partial charge in [0, 0.05) is 13.2 Å². The largest absolute Gasteiger partial charge is 0.493 e. The average Bonchev–Trinajstić information content (AvgIpc) is 2.91. The SMILES string of the molecule is Cn1cncc1C(CC1CCOc2ccccc21)NN. The number of imidazole rings is 1. The lowest BCUT2D eigenvalue weighted by Gasteiger charge is -2.29. The minimum absolute atomic E-state index is 0.0960. The number of aryl methyl sites for hydroxylation is 1. The van der Waals surface area contributed by atoms with Crippen molar-refractivity contribution in [2.45, 2.75) is 24.8 Å². The highest BCUT2D eigenvalue weighted by molar-refractivity contribution is 5.38. The van der Waals surface area contributed by atoms with Gasteiger partial charge < -0.3 is 9.30 Å². The number of hydrogen-bond acceptors (Lipinski definition) is 4. The van der Waals surface area contributed by atoms with Crippen molar-refractivity contribution < 1.29 is 4.74 Å². The van der Waals surface area contributed by atoms with Crippen molar-refractivity contribution in [2.75, 3.05) is 6.61 Å². The van der Waals surface area contributed by atoms with Gasteiger partial charge in [-0.25, -0.2) is 4.98 Å². The maximum atomic E-state index is 5.75. The van der Waals surface area contributed by atoms with Crippen molar-refractivity contribution >= 4 is 0 Å². The summed E-state index contributed by atoms with van der Waals surface area (Å²) in [5.74, 6) is 7.21. The first-order valence-corrected chi connectivity index (χ1v) is 6.93. The standard InChI is InChI=1S/C15H20N4O/c1-19-10-17-9-14(19)13(18-16)8-11-6-7-20-15-5-3-2-4-12(11)15/h2-5,9-11,13,18H,6-8,16H2,1H3. The first kappa shape index (κ1) is 13.1. The Morgan fingerprint density at radius 3 is 3.10 bits per heavy atom. The fourth-order valence-corrected chi connectivity index (χ4v) is 2.92. The molecule has 1 aromatic heterocycles. The highest BCUT2D eigenvalue weighted by atomic mass is 16.5. The molecule has 20 heavy (non-hydrogen) atoms. The van der Waals surface area contributed by atoms with Crippen LogP contribution in [0.3, 0.4) is 0 Å². The molecular formula is C15H20N4O. The summed E-state index contributed by atoms with van der Waals surface area (Å²) < 4.78 is 7.72. The predicted molar refractivity (Wildman–Crippen MR) is 77.2 cm³/mol. The number of hydrogen-bond donors (Lipinski definition) is 2. The molecule has 3 N–H and O–H groups in total. The molecule has 2 heterocycles. The van der Waals surface area contributed by atoms with Gasteiger partial charge in [-0.2, -0.15) is 0 Å². The van der Waals surface area contributed by atoms with E-state index in [4.69, 9.17) is 10.6 Å². The Balaban J connectivity index is 1.82. The maximum absolute atomic E-state index is 5.75. The van der Waals surface area contributed by atoms with Gasteiger partial charge in [-0.15, -0.1) is 0 Å². The van der Waals surface area contributed by atoms with Crippen molar-refractivity contribution in [3.8, 4) is 5.75 Å². The third-order valence-corrected chi connectivity index (χ3v) is 4.02. The van der Waals surface area contributed by atoms with Crippen LogP contribution >= 0.6 is 0 Å². The predicted octanol–water partition coefficient (Wildman–Crippen LogP) is 1.88. The molecule has 2 unspecified atom stereocenters. The number of ether oxygens (including phenoxy) is 1. The summed E-state index contributed by atoms with van der Waals surface area (Å²) in [5, 5.41) is 0. The Hall–Kier alpha value is -1.85. The maximum Gasteiger partial charge on any atom is 0.122 e. The van der Waals surface area contributed by atoms with E-state index < -0.39 is 0 Å². The zero-order valence-corrected chi connectivity index (χ0v) is 11.6. The van der Waals surface area contributed by atoms with Crippen molar-refractivity contribution in [2.24, 2.45) is 12.9 Å². The van der Waals surface area contributed by atoms with Crippen LogP contribution in [0, 0.1) is 0 Å². The molecule has 5 heteroatoms. The van der Waals surface area contributed by atoms with Crippen LogP contribution in [0.25, 0.3) is 0 Å². The number of hydrazine groups is 1. The van der Waals surface area contributed by atoms with Crippen molar-refractivity contribution in [3.63, 3.8) is 0 Å². The number of nitrogens with zero attached hydrogens (tertiary/aromatic N) is 2. The zero-order valence-electron chi connectivity index (χ0n) is 11.6. The third kappa shape index (κ3) is 2.42. The van der Waals surface area contributed by atoms with Gasteiger partial charge in [-0.05, 0) is 30.4 Å². The molecule has 2 atom stereocenters. The van der Waals surface area contributed by atoms with E-state index in [1.54, 1.807) is 6.33 Å². The molecule has 2 aromatic rings. The molecule has 0 amide bonds. The number of benzene rings is 1. The lowest BCUT2D eigenvalue weighted by molar-refractivity contribution is 0.254. The van der Waals surface area contributed by atoms with Crippen LogP contribution in [0.1, 0.15) is 36.1 Å². The number of para-hydroxylation sites is 1. The molecule has 0 spiro atoms. The summed E-state index contributed by atoms with van der Waals surface area (Å²) in [4.78, 5) is 4.17. The van der Waals surface area contributed by atoms with E-state index in [1.165, 1.54) is 5.56 Å². The third-order valence-electron chi connectivity index (χ3n) is 4.02. The van der Waals surface area contributed by atoms with Gasteiger partial charge >= 0.3 is 0 Å². The van der Waals surface area contributed by atoms with Crippen LogP contribution in [0.4, 0.5) is 0 Å². The Kier molecular flexibility index (Phi) is 3.71. The number of nitrogens with one attached hydrogen (secondary N) is 1. The van der Waals surface area contributed by atoms with Gasteiger partial charge in [0.15, 0.2) is 0 Å². The number of rotatable bonds is 4. The lowest BCUT2D eigenvalue weighted by Crippen LogP contribution is -2.31. The van der Waals surface area contributed by atoms with E-state index in [-0.39, 0.29) is 6.04 Å². The Morgan fingerprint density at radius 1 is 1.50 bits per heavy atom. The molecule has 1 aromatic carbocycles. The molecule has 0 fully saturated rings. The summed E-state index contributed by atoms with van der Waals surface area (Å²) in [6, 6.07) is 8.36. The van der Waals surface area contributed by atoms with Gasteiger partial charge in [0.2, 0.25) is 0 Å². The molecule has 0 aliphatic carbocycles. The number of aromatic nitrogens is 2. The molecule has 1 aliphatic rings. The van der Waals surface area contributed by atoms with Crippen molar-refractivity contribution in [1.29, 1.82) is 0 Å². The number of nitrogens with two attached hydrogens (primary N) is 1. The van der Waals surface area contributed by atoms with Crippen molar-refractivity contribution in [3.05, 3.63) is 48.0 Å². The van der Waals surface area contributed by atoms with Gasteiger partial charge in [0.1, 0.15) is 5.75 Å². The zero-order chi connectivity index (χ0) is 13.9.